The summed E-state index contributed by atoms with van der Waals surface area (Å²) in [6.45, 7) is 15.9. The third-order valence-corrected chi connectivity index (χ3v) is 6.04. The molecule has 0 spiro atoms. The first-order valence-corrected chi connectivity index (χ1v) is 11.8. The maximum absolute atomic E-state index is 5.66. The standard InChI is InChI=1S/C25H40N6O/c1-7-26-25(28-18(2)13-24-20(4)29-30(6)21(24)5)27-15-22-9-8-10-23(14-22)17-31-11-12-32-19(3)16-31/h8-10,14,18-19H,7,11-13,15-17H2,1-6H3,(H2,26,27,28). The number of ether oxygens (including phenoxy) is 1. The maximum Gasteiger partial charge on any atom is 0.191 e. The van der Waals surface area contributed by atoms with Crippen LogP contribution in [-0.4, -0.2) is 59.0 Å². The number of rotatable bonds is 8. The van der Waals surface area contributed by atoms with Crippen molar-refractivity contribution in [3.05, 3.63) is 52.3 Å². The van der Waals surface area contributed by atoms with Crippen LogP contribution in [0.25, 0.3) is 0 Å². The van der Waals surface area contributed by atoms with Crippen molar-refractivity contribution in [1.82, 2.24) is 25.3 Å². The van der Waals surface area contributed by atoms with E-state index in [1.54, 1.807) is 0 Å². The average molecular weight is 441 g/mol. The lowest BCUT2D eigenvalue weighted by molar-refractivity contribution is -0.0212. The van der Waals surface area contributed by atoms with E-state index in [2.05, 4.69) is 79.5 Å². The van der Waals surface area contributed by atoms with Gasteiger partial charge in [-0.2, -0.15) is 5.10 Å². The molecule has 1 fully saturated rings. The Morgan fingerprint density at radius 3 is 2.78 bits per heavy atom. The number of aliphatic imine (C=N–C) groups is 1. The van der Waals surface area contributed by atoms with Crippen LogP contribution in [0, 0.1) is 13.8 Å². The highest BCUT2D eigenvalue weighted by molar-refractivity contribution is 5.80. The van der Waals surface area contributed by atoms with Crippen LogP contribution < -0.4 is 10.6 Å². The number of hydrogen-bond donors (Lipinski definition) is 2. The normalized spacial score (nSPS) is 18.6. The second kappa shape index (κ2) is 11.5. The zero-order valence-corrected chi connectivity index (χ0v) is 20.6. The van der Waals surface area contributed by atoms with Gasteiger partial charge in [-0.25, -0.2) is 4.99 Å². The van der Waals surface area contributed by atoms with Crippen molar-refractivity contribution in [3.63, 3.8) is 0 Å². The van der Waals surface area contributed by atoms with E-state index in [0.29, 0.717) is 12.6 Å². The molecule has 0 saturated carbocycles. The molecule has 0 aliphatic carbocycles. The lowest BCUT2D eigenvalue weighted by atomic mass is 10.1. The molecule has 2 unspecified atom stereocenters. The van der Waals surface area contributed by atoms with Gasteiger partial charge in [0.1, 0.15) is 0 Å². The predicted octanol–water partition coefficient (Wildman–Crippen LogP) is 2.94. The number of guanidine groups is 1. The van der Waals surface area contributed by atoms with Gasteiger partial charge in [0.15, 0.2) is 5.96 Å². The summed E-state index contributed by atoms with van der Waals surface area (Å²) in [7, 11) is 2.00. The minimum Gasteiger partial charge on any atom is -0.376 e. The smallest absolute Gasteiger partial charge is 0.191 e. The molecule has 2 N–H and O–H groups in total. The predicted molar refractivity (Wildman–Crippen MR) is 131 cm³/mol. The molecule has 1 aromatic heterocycles. The summed E-state index contributed by atoms with van der Waals surface area (Å²) in [5.41, 5.74) is 6.21. The maximum atomic E-state index is 5.66. The minimum atomic E-state index is 0.254. The Bertz CT molecular complexity index is 906. The van der Waals surface area contributed by atoms with E-state index in [0.717, 1.165) is 50.9 Å². The Kier molecular flexibility index (Phi) is 8.70. The largest absolute Gasteiger partial charge is 0.376 e. The molecule has 7 heteroatoms. The van der Waals surface area contributed by atoms with Crippen LogP contribution >= 0.6 is 0 Å². The van der Waals surface area contributed by atoms with Crippen LogP contribution in [0.15, 0.2) is 29.3 Å². The van der Waals surface area contributed by atoms with Crippen LogP contribution in [-0.2, 0) is 31.3 Å². The quantitative estimate of drug-likeness (QED) is 0.488. The highest BCUT2D eigenvalue weighted by Gasteiger charge is 2.17. The Morgan fingerprint density at radius 2 is 2.09 bits per heavy atom. The summed E-state index contributed by atoms with van der Waals surface area (Å²) >= 11 is 0. The molecule has 2 aromatic rings. The Balaban J connectivity index is 1.60. The molecule has 7 nitrogen and oxygen atoms in total. The van der Waals surface area contributed by atoms with Crippen molar-refractivity contribution in [2.75, 3.05) is 26.2 Å². The van der Waals surface area contributed by atoms with E-state index in [1.165, 1.54) is 22.4 Å². The fourth-order valence-electron chi connectivity index (χ4n) is 4.31. The Labute approximate surface area is 193 Å². The van der Waals surface area contributed by atoms with Gasteiger partial charge in [-0.05, 0) is 57.7 Å². The van der Waals surface area contributed by atoms with E-state index in [9.17, 15) is 0 Å². The molecule has 0 radical (unpaired) electrons. The summed E-state index contributed by atoms with van der Waals surface area (Å²) in [4.78, 5) is 7.32. The first-order valence-electron chi connectivity index (χ1n) is 11.8. The number of morpholine rings is 1. The van der Waals surface area contributed by atoms with Gasteiger partial charge in [-0.3, -0.25) is 9.58 Å². The third-order valence-electron chi connectivity index (χ3n) is 6.04. The number of aromatic nitrogens is 2. The summed E-state index contributed by atoms with van der Waals surface area (Å²) < 4.78 is 7.62. The monoisotopic (exact) mass is 440 g/mol. The van der Waals surface area contributed by atoms with Gasteiger partial charge in [0.2, 0.25) is 0 Å². The molecule has 176 valence electrons. The van der Waals surface area contributed by atoms with Crippen LogP contribution in [0.3, 0.4) is 0 Å². The van der Waals surface area contributed by atoms with E-state index in [4.69, 9.17) is 9.73 Å². The van der Waals surface area contributed by atoms with Crippen molar-refractivity contribution in [1.29, 1.82) is 0 Å². The summed E-state index contributed by atoms with van der Waals surface area (Å²) in [5.74, 6) is 0.853. The summed E-state index contributed by atoms with van der Waals surface area (Å²) in [6, 6.07) is 9.03. The van der Waals surface area contributed by atoms with Crippen molar-refractivity contribution in [3.8, 4) is 0 Å². The second-order valence-corrected chi connectivity index (χ2v) is 8.95. The van der Waals surface area contributed by atoms with Crippen molar-refractivity contribution in [2.24, 2.45) is 12.0 Å². The first kappa shape index (κ1) is 24.3. The molecule has 1 aliphatic rings. The highest BCUT2D eigenvalue weighted by Crippen LogP contribution is 2.15. The van der Waals surface area contributed by atoms with Crippen LogP contribution in [0.2, 0.25) is 0 Å². The number of benzene rings is 1. The lowest BCUT2D eigenvalue weighted by Gasteiger charge is -2.31. The van der Waals surface area contributed by atoms with Crippen molar-refractivity contribution in [2.45, 2.75) is 66.3 Å². The number of nitrogens with zero attached hydrogens (tertiary/aromatic N) is 4. The molecule has 1 saturated heterocycles. The zero-order chi connectivity index (χ0) is 23.1. The van der Waals surface area contributed by atoms with Crippen molar-refractivity contribution < 1.29 is 4.74 Å². The fraction of sp³-hybridized carbons (Fsp3) is 0.600. The lowest BCUT2D eigenvalue weighted by Crippen LogP contribution is -2.43. The van der Waals surface area contributed by atoms with Crippen LogP contribution in [0.4, 0.5) is 0 Å². The van der Waals surface area contributed by atoms with E-state index in [-0.39, 0.29) is 6.04 Å². The van der Waals surface area contributed by atoms with Crippen LogP contribution in [0.5, 0.6) is 0 Å². The zero-order valence-electron chi connectivity index (χ0n) is 20.6. The Morgan fingerprint density at radius 1 is 1.31 bits per heavy atom. The molecular weight excluding hydrogens is 400 g/mol. The molecule has 0 bridgehead atoms. The highest BCUT2D eigenvalue weighted by atomic mass is 16.5. The average Bonchev–Trinajstić information content (AvgIpc) is 2.98. The van der Waals surface area contributed by atoms with E-state index >= 15 is 0 Å². The van der Waals surface area contributed by atoms with E-state index < -0.39 is 0 Å². The SMILES string of the molecule is CCNC(=NCc1cccc(CN2CCOC(C)C2)c1)NC(C)Cc1c(C)nn(C)c1C. The fourth-order valence-corrected chi connectivity index (χ4v) is 4.31. The minimum absolute atomic E-state index is 0.254. The van der Waals surface area contributed by atoms with Gasteiger partial charge in [0, 0.05) is 45.0 Å². The summed E-state index contributed by atoms with van der Waals surface area (Å²) in [6.07, 6.45) is 1.23. The summed E-state index contributed by atoms with van der Waals surface area (Å²) in [5, 5.41) is 11.5. The van der Waals surface area contributed by atoms with Gasteiger partial charge >= 0.3 is 0 Å². The molecular formula is C25H40N6O. The molecule has 32 heavy (non-hydrogen) atoms. The third kappa shape index (κ3) is 6.81. The van der Waals surface area contributed by atoms with Gasteiger partial charge in [0.05, 0.1) is 24.9 Å². The first-order chi connectivity index (χ1) is 15.4. The topological polar surface area (TPSA) is 66.7 Å². The Hall–Kier alpha value is -2.38. The van der Waals surface area contributed by atoms with Gasteiger partial charge in [-0.1, -0.05) is 24.3 Å². The molecule has 2 atom stereocenters. The number of hydrogen-bond acceptors (Lipinski definition) is 4. The molecule has 1 aliphatic heterocycles. The van der Waals surface area contributed by atoms with Gasteiger partial charge in [-0.15, -0.1) is 0 Å². The number of nitrogens with one attached hydrogen (secondary N) is 2. The van der Waals surface area contributed by atoms with Gasteiger partial charge < -0.3 is 15.4 Å². The van der Waals surface area contributed by atoms with Crippen LogP contribution in [0.1, 0.15) is 48.8 Å². The second-order valence-electron chi connectivity index (χ2n) is 8.95. The number of aryl methyl sites for hydroxylation is 2. The van der Waals surface area contributed by atoms with Gasteiger partial charge in [0.25, 0.3) is 0 Å². The van der Waals surface area contributed by atoms with Crippen molar-refractivity contribution >= 4 is 5.96 Å². The van der Waals surface area contributed by atoms with E-state index in [1.807, 2.05) is 11.7 Å². The molecule has 3 rings (SSSR count). The molecule has 2 heterocycles. The molecule has 1 aromatic carbocycles. The molecule has 0 amide bonds.